The molecule has 0 unspecified atom stereocenters. The molecule has 0 atom stereocenters. The molecule has 2 aromatic rings. The van der Waals surface area contributed by atoms with Gasteiger partial charge in [-0.05, 0) is 36.6 Å². The van der Waals surface area contributed by atoms with Crippen LogP contribution in [0.5, 0.6) is 0 Å². The number of ether oxygens (including phenoxy) is 1. The minimum absolute atomic E-state index is 0.0685. The summed E-state index contributed by atoms with van der Waals surface area (Å²) in [6.45, 7) is 3.33. The summed E-state index contributed by atoms with van der Waals surface area (Å²) in [7, 11) is 0. The number of hydrogen-bond donors (Lipinski definition) is 2. The van der Waals surface area contributed by atoms with Gasteiger partial charge in [-0.1, -0.05) is 18.2 Å². The fraction of sp³-hybridized carbons (Fsp3) is 0.350. The quantitative estimate of drug-likeness (QED) is 0.864. The van der Waals surface area contributed by atoms with E-state index < -0.39 is 0 Å². The monoisotopic (exact) mass is 353 g/mol. The summed E-state index contributed by atoms with van der Waals surface area (Å²) >= 11 is 0. The molecule has 0 radical (unpaired) electrons. The van der Waals surface area contributed by atoms with Crippen molar-refractivity contribution in [1.82, 2.24) is 15.6 Å². The number of amides is 2. The Hall–Kier alpha value is -2.73. The topological polar surface area (TPSA) is 80.3 Å². The first-order valence-corrected chi connectivity index (χ1v) is 8.80. The van der Waals surface area contributed by atoms with Crippen molar-refractivity contribution in [2.45, 2.75) is 32.4 Å². The number of nitrogens with zero attached hydrogens (tertiary/aromatic N) is 1. The first-order valence-electron chi connectivity index (χ1n) is 8.80. The second-order valence-corrected chi connectivity index (χ2v) is 6.40. The zero-order valence-electron chi connectivity index (χ0n) is 14.8. The maximum atomic E-state index is 12.5. The predicted octanol–water partition coefficient (Wildman–Crippen LogP) is 2.29. The first kappa shape index (κ1) is 18.1. The molecule has 1 aliphatic heterocycles. The van der Waals surface area contributed by atoms with Crippen molar-refractivity contribution in [1.29, 1.82) is 0 Å². The zero-order valence-corrected chi connectivity index (χ0v) is 14.8. The van der Waals surface area contributed by atoms with Crippen molar-refractivity contribution in [2.75, 3.05) is 13.2 Å². The van der Waals surface area contributed by atoms with E-state index in [1.807, 2.05) is 36.4 Å². The van der Waals surface area contributed by atoms with E-state index in [1.165, 1.54) is 6.92 Å². The fourth-order valence-corrected chi connectivity index (χ4v) is 2.86. The summed E-state index contributed by atoms with van der Waals surface area (Å²) in [5, 5.41) is 5.81. The van der Waals surface area contributed by atoms with Gasteiger partial charge in [0.2, 0.25) is 5.91 Å². The van der Waals surface area contributed by atoms with Gasteiger partial charge in [-0.2, -0.15) is 0 Å². The molecule has 0 saturated carbocycles. The maximum Gasteiger partial charge on any atom is 0.251 e. The summed E-state index contributed by atoms with van der Waals surface area (Å²) in [6, 6.07) is 11.4. The Kier molecular flexibility index (Phi) is 5.96. The van der Waals surface area contributed by atoms with Crippen molar-refractivity contribution in [3.8, 4) is 11.3 Å². The highest BCUT2D eigenvalue weighted by molar-refractivity contribution is 5.95. The number of hydrogen-bond acceptors (Lipinski definition) is 4. The Morgan fingerprint density at radius 3 is 2.69 bits per heavy atom. The van der Waals surface area contributed by atoms with Gasteiger partial charge in [0.05, 0.1) is 5.69 Å². The highest BCUT2D eigenvalue weighted by atomic mass is 16.5. The second kappa shape index (κ2) is 8.58. The molecular formula is C20H23N3O3. The van der Waals surface area contributed by atoms with Gasteiger partial charge in [-0.15, -0.1) is 0 Å². The van der Waals surface area contributed by atoms with E-state index in [2.05, 4.69) is 15.6 Å². The lowest BCUT2D eigenvalue weighted by atomic mass is 10.0. The van der Waals surface area contributed by atoms with E-state index in [0.29, 0.717) is 25.3 Å². The lowest BCUT2D eigenvalue weighted by Crippen LogP contribution is -2.38. The third-order valence-corrected chi connectivity index (χ3v) is 4.34. The van der Waals surface area contributed by atoms with E-state index in [9.17, 15) is 9.59 Å². The van der Waals surface area contributed by atoms with Crippen molar-refractivity contribution in [3.63, 3.8) is 0 Å². The van der Waals surface area contributed by atoms with Gasteiger partial charge in [0.1, 0.15) is 0 Å². The molecule has 6 heteroatoms. The Bertz CT molecular complexity index is 768. The Labute approximate surface area is 153 Å². The lowest BCUT2D eigenvalue weighted by molar-refractivity contribution is -0.119. The third kappa shape index (κ3) is 4.89. The molecule has 0 bridgehead atoms. The summed E-state index contributed by atoms with van der Waals surface area (Å²) in [4.78, 5) is 27.9. The van der Waals surface area contributed by atoms with Gasteiger partial charge < -0.3 is 15.4 Å². The fourth-order valence-electron chi connectivity index (χ4n) is 2.86. The van der Waals surface area contributed by atoms with Crippen LogP contribution in [0.15, 0.2) is 42.6 Å². The van der Waals surface area contributed by atoms with Crippen LogP contribution in [0.2, 0.25) is 0 Å². The molecule has 26 heavy (non-hydrogen) atoms. The van der Waals surface area contributed by atoms with Crippen LogP contribution in [0.25, 0.3) is 11.3 Å². The summed E-state index contributed by atoms with van der Waals surface area (Å²) in [5.74, 6) is -0.140. The van der Waals surface area contributed by atoms with Gasteiger partial charge in [0.15, 0.2) is 0 Å². The number of pyridine rings is 1. The van der Waals surface area contributed by atoms with Gasteiger partial charge >= 0.3 is 0 Å². The normalized spacial score (nSPS) is 14.7. The van der Waals surface area contributed by atoms with Gasteiger partial charge in [0, 0.05) is 50.0 Å². The summed E-state index contributed by atoms with van der Waals surface area (Å²) in [6.07, 6.45) is 3.44. The van der Waals surface area contributed by atoms with Crippen molar-refractivity contribution < 1.29 is 14.3 Å². The molecule has 0 aliphatic carbocycles. The Morgan fingerprint density at radius 2 is 2.00 bits per heavy atom. The van der Waals surface area contributed by atoms with Crippen LogP contribution in [0, 0.1) is 0 Å². The SMILES string of the molecule is CC(=O)NCc1ccc(-c2cccc(C(=O)NC3CCOCC3)c2)nc1. The van der Waals surface area contributed by atoms with Crippen LogP contribution in [0.4, 0.5) is 0 Å². The molecular weight excluding hydrogens is 330 g/mol. The van der Waals surface area contributed by atoms with E-state index in [0.717, 1.165) is 29.7 Å². The largest absolute Gasteiger partial charge is 0.381 e. The molecule has 1 aromatic carbocycles. The van der Waals surface area contributed by atoms with E-state index in [4.69, 9.17) is 4.74 Å². The molecule has 136 valence electrons. The van der Waals surface area contributed by atoms with Crippen molar-refractivity contribution >= 4 is 11.8 Å². The Balaban J connectivity index is 1.68. The standard InChI is InChI=1S/C20H23N3O3/c1-14(24)21-12-15-5-6-19(22-13-15)16-3-2-4-17(11-16)20(25)23-18-7-9-26-10-8-18/h2-6,11,13,18H,7-10,12H2,1H3,(H,21,24)(H,23,25). The lowest BCUT2D eigenvalue weighted by Gasteiger charge is -2.23. The third-order valence-electron chi connectivity index (χ3n) is 4.34. The van der Waals surface area contributed by atoms with Crippen LogP contribution >= 0.6 is 0 Å². The highest BCUT2D eigenvalue weighted by Gasteiger charge is 2.17. The second-order valence-electron chi connectivity index (χ2n) is 6.40. The summed E-state index contributed by atoms with van der Waals surface area (Å²) in [5.41, 5.74) is 3.23. The van der Waals surface area contributed by atoms with E-state index >= 15 is 0 Å². The van der Waals surface area contributed by atoms with Crippen LogP contribution in [-0.2, 0) is 16.1 Å². The smallest absolute Gasteiger partial charge is 0.251 e. The maximum absolute atomic E-state index is 12.5. The Morgan fingerprint density at radius 1 is 1.19 bits per heavy atom. The summed E-state index contributed by atoms with van der Waals surface area (Å²) < 4.78 is 5.32. The van der Waals surface area contributed by atoms with Gasteiger partial charge in [-0.25, -0.2) is 0 Å². The number of carbonyl (C=O) groups is 2. The first-order chi connectivity index (χ1) is 12.6. The molecule has 2 heterocycles. The highest BCUT2D eigenvalue weighted by Crippen LogP contribution is 2.19. The van der Waals surface area contributed by atoms with Crippen molar-refractivity contribution in [2.24, 2.45) is 0 Å². The molecule has 0 spiro atoms. The van der Waals surface area contributed by atoms with Crippen LogP contribution in [0.3, 0.4) is 0 Å². The molecule has 2 N–H and O–H groups in total. The minimum Gasteiger partial charge on any atom is -0.381 e. The zero-order chi connectivity index (χ0) is 18.4. The minimum atomic E-state index is -0.0719. The van der Waals surface area contributed by atoms with E-state index in [-0.39, 0.29) is 17.9 Å². The number of nitrogens with one attached hydrogen (secondary N) is 2. The van der Waals surface area contributed by atoms with Crippen LogP contribution < -0.4 is 10.6 Å². The van der Waals surface area contributed by atoms with E-state index in [1.54, 1.807) is 6.20 Å². The molecule has 1 aliphatic rings. The number of aromatic nitrogens is 1. The predicted molar refractivity (Wildman–Crippen MR) is 98.5 cm³/mol. The number of rotatable bonds is 5. The molecule has 3 rings (SSSR count). The van der Waals surface area contributed by atoms with Crippen LogP contribution in [0.1, 0.15) is 35.7 Å². The van der Waals surface area contributed by atoms with Crippen molar-refractivity contribution in [3.05, 3.63) is 53.7 Å². The average molecular weight is 353 g/mol. The molecule has 6 nitrogen and oxygen atoms in total. The number of carbonyl (C=O) groups excluding carboxylic acids is 2. The molecule has 1 fully saturated rings. The number of benzene rings is 1. The molecule has 1 saturated heterocycles. The van der Waals surface area contributed by atoms with Gasteiger partial charge in [0.25, 0.3) is 5.91 Å². The van der Waals surface area contributed by atoms with Crippen LogP contribution in [-0.4, -0.2) is 36.1 Å². The molecule has 1 aromatic heterocycles. The van der Waals surface area contributed by atoms with Gasteiger partial charge in [-0.3, -0.25) is 14.6 Å². The molecule has 2 amide bonds. The average Bonchev–Trinajstić information content (AvgIpc) is 2.67.